The van der Waals surface area contributed by atoms with E-state index in [0.29, 0.717) is 11.1 Å². The van der Waals surface area contributed by atoms with Gasteiger partial charge in [0.2, 0.25) is 5.43 Å². The fraction of sp³-hybridized carbons (Fsp3) is 0.250. The molecule has 1 aliphatic rings. The van der Waals surface area contributed by atoms with E-state index in [1.807, 2.05) is 0 Å². The summed E-state index contributed by atoms with van der Waals surface area (Å²) in [5.41, 5.74) is 5.27. The number of nitrogens with two attached hydrogens (primary N) is 1. The number of halogens is 1. The second kappa shape index (κ2) is 5.38. The third kappa shape index (κ3) is 2.42. The summed E-state index contributed by atoms with van der Waals surface area (Å²) < 4.78 is 15.9. The molecular weight excluding hydrogens is 287 g/mol. The highest BCUT2D eigenvalue weighted by molar-refractivity contribution is 5.93. The van der Waals surface area contributed by atoms with Crippen LogP contribution in [-0.2, 0) is 0 Å². The lowest BCUT2D eigenvalue weighted by Gasteiger charge is -2.12. The van der Waals surface area contributed by atoms with E-state index in [1.54, 1.807) is 22.8 Å². The zero-order valence-electron chi connectivity index (χ0n) is 11.8. The number of fused-ring (bicyclic) bond motifs is 1. The minimum Gasteiger partial charge on any atom is -0.477 e. The normalized spacial score (nSPS) is 14.8. The summed E-state index contributed by atoms with van der Waals surface area (Å²) in [5.74, 6) is -1.87. The van der Waals surface area contributed by atoms with Crippen molar-refractivity contribution in [1.82, 2.24) is 4.57 Å². The zero-order chi connectivity index (χ0) is 15.9. The summed E-state index contributed by atoms with van der Waals surface area (Å²) in [7, 11) is 0. The van der Waals surface area contributed by atoms with Gasteiger partial charge in [-0.05, 0) is 25.0 Å². The number of rotatable bonds is 4. The number of aromatic nitrogens is 1. The number of carboxylic acid groups (broad SMARTS) is 1. The van der Waals surface area contributed by atoms with Gasteiger partial charge in [0.15, 0.2) is 0 Å². The number of benzene rings is 1. The van der Waals surface area contributed by atoms with Crippen molar-refractivity contribution in [3.63, 3.8) is 0 Å². The van der Waals surface area contributed by atoms with Crippen LogP contribution in [0, 0.1) is 5.82 Å². The van der Waals surface area contributed by atoms with E-state index in [1.165, 1.54) is 6.20 Å². The monoisotopic (exact) mass is 302 g/mol. The van der Waals surface area contributed by atoms with E-state index < -0.39 is 17.2 Å². The number of hydrogen-bond donors (Lipinski definition) is 2. The van der Waals surface area contributed by atoms with Crippen LogP contribution in [0.5, 0.6) is 0 Å². The van der Waals surface area contributed by atoms with E-state index in [4.69, 9.17) is 10.8 Å². The Kier molecular flexibility index (Phi) is 3.54. The summed E-state index contributed by atoms with van der Waals surface area (Å²) in [5, 5.41) is 9.25. The predicted molar refractivity (Wildman–Crippen MR) is 81.5 cm³/mol. The molecule has 0 saturated heterocycles. The van der Waals surface area contributed by atoms with Gasteiger partial charge in [-0.15, -0.1) is 0 Å². The molecule has 1 aliphatic carbocycles. The van der Waals surface area contributed by atoms with Crippen molar-refractivity contribution in [2.45, 2.75) is 18.9 Å². The number of hydrogen-bond acceptors (Lipinski definition) is 3. The number of carbonyl (C=O) groups is 1. The molecule has 1 aromatic carbocycles. The summed E-state index contributed by atoms with van der Waals surface area (Å²) in [6.45, 7) is 0.283. The van der Waals surface area contributed by atoms with Crippen LogP contribution in [0.15, 0.2) is 29.2 Å². The highest BCUT2D eigenvalue weighted by Crippen LogP contribution is 2.37. The Morgan fingerprint density at radius 2 is 2.18 bits per heavy atom. The molecular formula is C16H15FN2O3. The van der Waals surface area contributed by atoms with Gasteiger partial charge in [0.25, 0.3) is 0 Å². The van der Waals surface area contributed by atoms with Gasteiger partial charge in [0.1, 0.15) is 11.4 Å². The summed E-state index contributed by atoms with van der Waals surface area (Å²) in [6.07, 6.45) is 6.38. The predicted octanol–water partition coefficient (Wildman–Crippen LogP) is 2.15. The SMILES string of the molecule is NC/C=C/c1cc2c(cc1F)c(=O)c(C(=O)O)cn2C1CC1. The Bertz CT molecular complexity index is 851. The number of nitrogens with zero attached hydrogens (tertiary/aromatic N) is 1. The van der Waals surface area contributed by atoms with Gasteiger partial charge in [-0.2, -0.15) is 0 Å². The molecule has 1 aromatic heterocycles. The Hall–Kier alpha value is -2.47. The van der Waals surface area contributed by atoms with Crippen LogP contribution in [0.2, 0.25) is 0 Å². The fourth-order valence-electron chi connectivity index (χ4n) is 2.52. The fourth-order valence-corrected chi connectivity index (χ4v) is 2.52. The molecule has 2 aromatic rings. The standard InChI is InChI=1S/C16H15FN2O3/c17-13-7-11-14(6-9(13)2-1-5-18)19(10-3-4-10)8-12(15(11)20)16(21)22/h1-2,6-8,10H,3-5,18H2,(H,21,22)/b2-1+. The minimum absolute atomic E-state index is 0.0919. The summed E-state index contributed by atoms with van der Waals surface area (Å²) in [6, 6.07) is 2.85. The molecule has 5 nitrogen and oxygen atoms in total. The highest BCUT2D eigenvalue weighted by atomic mass is 19.1. The highest BCUT2D eigenvalue weighted by Gasteiger charge is 2.27. The lowest BCUT2D eigenvalue weighted by atomic mass is 10.1. The van der Waals surface area contributed by atoms with Crippen LogP contribution in [0.25, 0.3) is 17.0 Å². The quantitative estimate of drug-likeness (QED) is 0.906. The van der Waals surface area contributed by atoms with Gasteiger partial charge in [-0.3, -0.25) is 4.79 Å². The Balaban J connectivity index is 2.34. The molecule has 0 aliphatic heterocycles. The molecule has 0 unspecified atom stereocenters. The van der Waals surface area contributed by atoms with Crippen LogP contribution in [0.3, 0.4) is 0 Å². The molecule has 22 heavy (non-hydrogen) atoms. The van der Waals surface area contributed by atoms with E-state index in [0.717, 1.165) is 18.9 Å². The summed E-state index contributed by atoms with van der Waals surface area (Å²) in [4.78, 5) is 23.5. The molecule has 0 spiro atoms. The molecule has 1 saturated carbocycles. The lowest BCUT2D eigenvalue weighted by Crippen LogP contribution is -2.19. The topological polar surface area (TPSA) is 85.3 Å². The van der Waals surface area contributed by atoms with E-state index >= 15 is 0 Å². The van der Waals surface area contributed by atoms with Crippen LogP contribution in [0.4, 0.5) is 4.39 Å². The van der Waals surface area contributed by atoms with Crippen molar-refractivity contribution >= 4 is 22.9 Å². The minimum atomic E-state index is -1.30. The van der Waals surface area contributed by atoms with Gasteiger partial charge >= 0.3 is 5.97 Å². The lowest BCUT2D eigenvalue weighted by molar-refractivity contribution is 0.0695. The largest absolute Gasteiger partial charge is 0.477 e. The van der Waals surface area contributed by atoms with Gasteiger partial charge in [0, 0.05) is 29.7 Å². The van der Waals surface area contributed by atoms with Crippen molar-refractivity contribution in [3.8, 4) is 0 Å². The van der Waals surface area contributed by atoms with Crippen molar-refractivity contribution < 1.29 is 14.3 Å². The molecule has 3 rings (SSSR count). The molecule has 0 amide bonds. The van der Waals surface area contributed by atoms with E-state index in [2.05, 4.69) is 0 Å². The van der Waals surface area contributed by atoms with Crippen molar-refractivity contribution in [1.29, 1.82) is 0 Å². The maximum Gasteiger partial charge on any atom is 0.341 e. The molecule has 0 atom stereocenters. The number of carboxylic acids is 1. The number of pyridine rings is 1. The Labute approximate surface area is 125 Å². The summed E-state index contributed by atoms with van der Waals surface area (Å²) >= 11 is 0. The van der Waals surface area contributed by atoms with Gasteiger partial charge in [0.05, 0.1) is 5.52 Å². The molecule has 0 radical (unpaired) electrons. The van der Waals surface area contributed by atoms with E-state index in [9.17, 15) is 14.0 Å². The van der Waals surface area contributed by atoms with Crippen LogP contribution in [-0.4, -0.2) is 22.2 Å². The van der Waals surface area contributed by atoms with Gasteiger partial charge < -0.3 is 15.4 Å². The second-order valence-electron chi connectivity index (χ2n) is 5.34. The third-order valence-corrected chi connectivity index (χ3v) is 3.75. The molecule has 0 bridgehead atoms. The molecule has 3 N–H and O–H groups in total. The van der Waals surface area contributed by atoms with Gasteiger partial charge in [-0.25, -0.2) is 9.18 Å². The second-order valence-corrected chi connectivity index (χ2v) is 5.34. The van der Waals surface area contributed by atoms with Crippen LogP contribution in [0.1, 0.15) is 34.8 Å². The molecule has 1 heterocycles. The third-order valence-electron chi connectivity index (χ3n) is 3.75. The number of aromatic carboxylic acids is 1. The van der Waals surface area contributed by atoms with E-state index in [-0.39, 0.29) is 23.5 Å². The Morgan fingerprint density at radius 1 is 1.45 bits per heavy atom. The smallest absolute Gasteiger partial charge is 0.341 e. The first-order valence-corrected chi connectivity index (χ1v) is 7.01. The first-order valence-electron chi connectivity index (χ1n) is 7.01. The average Bonchev–Trinajstić information content (AvgIpc) is 3.30. The first kappa shape index (κ1) is 14.5. The van der Waals surface area contributed by atoms with Crippen molar-refractivity contribution in [2.75, 3.05) is 6.54 Å². The van der Waals surface area contributed by atoms with Gasteiger partial charge in [-0.1, -0.05) is 12.2 Å². The molecule has 114 valence electrons. The zero-order valence-corrected chi connectivity index (χ0v) is 11.8. The first-order chi connectivity index (χ1) is 10.5. The Morgan fingerprint density at radius 3 is 2.77 bits per heavy atom. The van der Waals surface area contributed by atoms with Crippen LogP contribution < -0.4 is 11.2 Å². The molecule has 1 fully saturated rings. The van der Waals surface area contributed by atoms with Crippen LogP contribution >= 0.6 is 0 Å². The van der Waals surface area contributed by atoms with Crippen molar-refractivity contribution in [3.05, 3.63) is 51.6 Å². The molecule has 6 heteroatoms. The maximum atomic E-state index is 14.1. The maximum absolute atomic E-state index is 14.1. The van der Waals surface area contributed by atoms with Crippen molar-refractivity contribution in [2.24, 2.45) is 5.73 Å². The average molecular weight is 302 g/mol.